The Hall–Kier alpha value is -1.64. The average molecular weight is 320 g/mol. The second-order valence-corrected chi connectivity index (χ2v) is 6.07. The van der Waals surface area contributed by atoms with Gasteiger partial charge in [0.1, 0.15) is 16.4 Å². The van der Waals surface area contributed by atoms with E-state index in [2.05, 4.69) is 14.9 Å². The second kappa shape index (κ2) is 5.39. The average Bonchev–Trinajstić information content (AvgIpc) is 2.75. The number of aliphatic hydroxyl groups excluding tert-OH is 1. The molecule has 20 heavy (non-hydrogen) atoms. The number of rotatable bonds is 4. The van der Waals surface area contributed by atoms with Crippen molar-refractivity contribution in [1.82, 2.24) is 10.2 Å². The van der Waals surface area contributed by atoms with Crippen LogP contribution in [0.1, 0.15) is 11.4 Å². The molecule has 0 fully saturated rings. The maximum Gasteiger partial charge on any atom is 0.265 e. The fourth-order valence-corrected chi connectivity index (χ4v) is 3.29. The minimum absolute atomic E-state index is 0.0440. The molecule has 0 aliphatic heterocycles. The smallest absolute Gasteiger partial charge is 0.265 e. The lowest BCUT2D eigenvalue weighted by molar-refractivity contribution is 0.273. The van der Waals surface area contributed by atoms with Crippen molar-refractivity contribution >= 4 is 27.3 Å². The molecule has 0 aliphatic rings. The topological polar surface area (TPSA) is 95.1 Å². The zero-order valence-electron chi connectivity index (χ0n) is 10.3. The highest BCUT2D eigenvalue weighted by atomic mass is 35.5. The van der Waals surface area contributed by atoms with Gasteiger partial charge < -0.3 is 5.11 Å². The van der Waals surface area contributed by atoms with Gasteiger partial charge in [-0.1, -0.05) is 11.6 Å². The largest absolute Gasteiger partial charge is 0.390 e. The number of halogens is 2. The van der Waals surface area contributed by atoms with Gasteiger partial charge in [0, 0.05) is 5.02 Å². The summed E-state index contributed by atoms with van der Waals surface area (Å²) in [4.78, 5) is -0.209. The fraction of sp³-hybridized carbons (Fsp3) is 0.182. The summed E-state index contributed by atoms with van der Waals surface area (Å²) < 4.78 is 40.1. The van der Waals surface area contributed by atoms with Gasteiger partial charge in [-0.25, -0.2) is 12.8 Å². The number of nitrogens with one attached hydrogen (secondary N) is 2. The molecule has 6 nitrogen and oxygen atoms in total. The van der Waals surface area contributed by atoms with Crippen LogP contribution in [0.3, 0.4) is 0 Å². The van der Waals surface area contributed by atoms with Gasteiger partial charge in [-0.2, -0.15) is 5.10 Å². The number of sulfonamides is 1. The van der Waals surface area contributed by atoms with Gasteiger partial charge in [0.05, 0.1) is 18.0 Å². The molecule has 1 heterocycles. The lowest BCUT2D eigenvalue weighted by Gasteiger charge is -2.09. The molecule has 0 bridgehead atoms. The number of aryl methyl sites for hydroxylation is 1. The van der Waals surface area contributed by atoms with Crippen molar-refractivity contribution < 1.29 is 17.9 Å². The predicted molar refractivity (Wildman–Crippen MR) is 71.5 cm³/mol. The summed E-state index contributed by atoms with van der Waals surface area (Å²) in [5.41, 5.74) is -0.0802. The highest BCUT2D eigenvalue weighted by molar-refractivity contribution is 7.92. The molecule has 0 radical (unpaired) electrons. The van der Waals surface area contributed by atoms with E-state index < -0.39 is 22.4 Å². The van der Waals surface area contributed by atoms with E-state index in [1.807, 2.05) is 0 Å². The van der Waals surface area contributed by atoms with Crippen molar-refractivity contribution in [2.45, 2.75) is 18.4 Å². The lowest BCUT2D eigenvalue weighted by atomic mass is 10.3. The van der Waals surface area contributed by atoms with Crippen LogP contribution in [0, 0.1) is 12.7 Å². The molecule has 2 rings (SSSR count). The Labute approximate surface area is 119 Å². The van der Waals surface area contributed by atoms with Gasteiger partial charge in [-0.05, 0) is 25.1 Å². The minimum Gasteiger partial charge on any atom is -0.390 e. The molecule has 0 spiro atoms. The van der Waals surface area contributed by atoms with Gasteiger partial charge in [0.25, 0.3) is 10.0 Å². The summed E-state index contributed by atoms with van der Waals surface area (Å²) in [5.74, 6) is -0.760. The first kappa shape index (κ1) is 14.8. The van der Waals surface area contributed by atoms with Crippen LogP contribution in [0.4, 0.5) is 10.1 Å². The third-order valence-electron chi connectivity index (χ3n) is 2.55. The standard InChI is InChI=1S/C11H11ClFN3O3S/c1-6-11(10(5-17)15-14-6)20(18,19)16-9-4-7(12)2-3-8(9)13/h2-4,16-17H,5H2,1H3,(H,14,15). The number of hydrogen-bond acceptors (Lipinski definition) is 4. The zero-order valence-corrected chi connectivity index (χ0v) is 11.9. The van der Waals surface area contributed by atoms with Crippen LogP contribution in [-0.2, 0) is 16.6 Å². The highest BCUT2D eigenvalue weighted by Gasteiger charge is 2.25. The summed E-state index contributed by atoms with van der Waals surface area (Å²) >= 11 is 5.70. The number of nitrogens with zero attached hydrogens (tertiary/aromatic N) is 1. The summed E-state index contributed by atoms with van der Waals surface area (Å²) in [7, 11) is -4.09. The van der Waals surface area contributed by atoms with Crippen LogP contribution < -0.4 is 4.72 Å². The number of aromatic amines is 1. The number of benzene rings is 1. The highest BCUT2D eigenvalue weighted by Crippen LogP contribution is 2.25. The minimum atomic E-state index is -4.09. The Bertz CT molecular complexity index is 745. The summed E-state index contributed by atoms with van der Waals surface area (Å²) in [6.07, 6.45) is 0. The van der Waals surface area contributed by atoms with E-state index in [-0.39, 0.29) is 27.0 Å². The molecule has 0 atom stereocenters. The zero-order chi connectivity index (χ0) is 14.9. The second-order valence-electron chi connectivity index (χ2n) is 4.01. The molecule has 0 saturated heterocycles. The first-order chi connectivity index (χ1) is 9.35. The van der Waals surface area contributed by atoms with Crippen LogP contribution in [0.15, 0.2) is 23.1 Å². The number of H-pyrrole nitrogens is 1. The van der Waals surface area contributed by atoms with Crippen molar-refractivity contribution in [3.63, 3.8) is 0 Å². The first-order valence-corrected chi connectivity index (χ1v) is 7.34. The lowest BCUT2D eigenvalue weighted by Crippen LogP contribution is -2.16. The molecule has 1 aromatic heterocycles. The summed E-state index contributed by atoms with van der Waals surface area (Å²) in [6, 6.07) is 3.51. The third-order valence-corrected chi connectivity index (χ3v) is 4.36. The molecule has 9 heteroatoms. The van der Waals surface area contributed by atoms with E-state index in [0.717, 1.165) is 12.1 Å². The van der Waals surface area contributed by atoms with Gasteiger partial charge in [-0.3, -0.25) is 9.82 Å². The quantitative estimate of drug-likeness (QED) is 0.801. The predicted octanol–water partition coefficient (Wildman–Crippen LogP) is 1.80. The Morgan fingerprint density at radius 1 is 1.50 bits per heavy atom. The van der Waals surface area contributed by atoms with E-state index >= 15 is 0 Å². The van der Waals surface area contributed by atoms with Crippen LogP contribution >= 0.6 is 11.6 Å². The van der Waals surface area contributed by atoms with E-state index in [1.54, 1.807) is 0 Å². The summed E-state index contributed by atoms with van der Waals surface area (Å²) in [6.45, 7) is 0.924. The molecule has 0 saturated carbocycles. The van der Waals surface area contributed by atoms with Crippen molar-refractivity contribution in [2.24, 2.45) is 0 Å². The van der Waals surface area contributed by atoms with Gasteiger partial charge in [0.2, 0.25) is 0 Å². The van der Waals surface area contributed by atoms with Crippen LogP contribution in [0.25, 0.3) is 0 Å². The first-order valence-electron chi connectivity index (χ1n) is 5.47. The maximum atomic E-state index is 13.6. The normalized spacial score (nSPS) is 11.6. The monoisotopic (exact) mass is 319 g/mol. The Morgan fingerprint density at radius 2 is 2.20 bits per heavy atom. The number of anilines is 1. The maximum absolute atomic E-state index is 13.6. The van der Waals surface area contributed by atoms with Gasteiger partial charge in [-0.15, -0.1) is 0 Å². The Balaban J connectivity index is 2.46. The van der Waals surface area contributed by atoms with E-state index in [9.17, 15) is 12.8 Å². The van der Waals surface area contributed by atoms with Crippen molar-refractivity contribution in [3.05, 3.63) is 40.4 Å². The van der Waals surface area contributed by atoms with Gasteiger partial charge >= 0.3 is 0 Å². The molecule has 2 aromatic rings. The number of hydrogen-bond donors (Lipinski definition) is 3. The van der Waals surface area contributed by atoms with Gasteiger partial charge in [0.15, 0.2) is 0 Å². The molecular formula is C11H11ClFN3O3S. The molecule has 1 aromatic carbocycles. The Morgan fingerprint density at radius 3 is 2.85 bits per heavy atom. The SMILES string of the molecule is Cc1[nH]nc(CO)c1S(=O)(=O)Nc1cc(Cl)ccc1F. The molecular weight excluding hydrogens is 309 g/mol. The van der Waals surface area contributed by atoms with Crippen LogP contribution in [0.2, 0.25) is 5.02 Å². The Kier molecular flexibility index (Phi) is 3.98. The molecule has 0 unspecified atom stereocenters. The van der Waals surface area contributed by atoms with Crippen molar-refractivity contribution in [2.75, 3.05) is 4.72 Å². The molecule has 0 aliphatic carbocycles. The summed E-state index contributed by atoms with van der Waals surface area (Å²) in [5, 5.41) is 15.4. The van der Waals surface area contributed by atoms with Crippen molar-refractivity contribution in [1.29, 1.82) is 0 Å². The third kappa shape index (κ3) is 2.77. The van der Waals surface area contributed by atoms with Crippen LogP contribution in [-0.4, -0.2) is 23.7 Å². The molecule has 108 valence electrons. The van der Waals surface area contributed by atoms with Crippen molar-refractivity contribution in [3.8, 4) is 0 Å². The number of aromatic nitrogens is 2. The molecule has 3 N–H and O–H groups in total. The van der Waals surface area contributed by atoms with E-state index in [1.165, 1.54) is 13.0 Å². The number of aliphatic hydroxyl groups is 1. The fourth-order valence-electron chi connectivity index (χ4n) is 1.70. The van der Waals surface area contributed by atoms with E-state index in [4.69, 9.17) is 16.7 Å². The van der Waals surface area contributed by atoms with Crippen LogP contribution in [0.5, 0.6) is 0 Å². The van der Waals surface area contributed by atoms with E-state index in [0.29, 0.717) is 0 Å². The molecule has 0 amide bonds.